The topological polar surface area (TPSA) is 148 Å². The second kappa shape index (κ2) is 16.2. The summed E-state index contributed by atoms with van der Waals surface area (Å²) in [7, 11) is 0.0939. The van der Waals surface area contributed by atoms with Gasteiger partial charge >= 0.3 is 20.4 Å². The van der Waals surface area contributed by atoms with Gasteiger partial charge < -0.3 is 19.9 Å². The minimum absolute atomic E-state index is 0.116. The normalized spacial score (nSPS) is 26.6. The number of aliphatic hydroxyl groups is 1. The maximum atomic E-state index is 12.9. The molecule has 2 aliphatic heterocycles. The second-order valence-corrected chi connectivity index (χ2v) is 17.5. The van der Waals surface area contributed by atoms with Crippen LogP contribution in [0.1, 0.15) is 98.6 Å². The molecule has 280 valence electrons. The number of hydrogen-bond acceptors (Lipinski definition) is 8. The Labute approximate surface area is 309 Å². The average molecular weight is 764 g/mol. The zero-order chi connectivity index (χ0) is 37.9. The number of carbonyl (C=O) groups is 2. The summed E-state index contributed by atoms with van der Waals surface area (Å²) in [6, 6.07) is 11.8. The van der Waals surface area contributed by atoms with Crippen molar-refractivity contribution in [3.05, 3.63) is 81.3 Å². The first-order valence-corrected chi connectivity index (χ1v) is 21.2. The van der Waals surface area contributed by atoms with E-state index < -0.39 is 31.5 Å². The Bertz CT molecular complexity index is 1870. The average Bonchev–Trinajstić information content (AvgIpc) is 3.45. The standard InChI is InChI=1S/C19H25NO4S.C18H23NO2.CH4ClO2S/c1-12-8-9-15(13(2)11-12)16-17(24-25(4,22)23)19(20-18(16)21)10-6-5-7-14(19)3;1-11-7-8-14(12(2)10-11)15-16(20)18(19-17(15)21)9-5-4-6-13(18)3;1-4-5(2)3/h8-9,11,14H,5-7,10H2,1-4H3,(H,20,21);7-8,10,13,20H,4-6,9H2,1-3H3,(H,19,21);2H,1H3/q;;+1. The highest BCUT2D eigenvalue weighted by atomic mass is 35.7. The number of amides is 2. The van der Waals surface area contributed by atoms with E-state index in [-0.39, 0.29) is 35.2 Å². The predicted octanol–water partition coefficient (Wildman–Crippen LogP) is 6.21. The van der Waals surface area contributed by atoms with Crippen LogP contribution in [0.15, 0.2) is 47.9 Å². The Kier molecular flexibility index (Phi) is 12.9. The first-order chi connectivity index (χ1) is 23.9. The molecule has 6 rings (SSSR count). The van der Waals surface area contributed by atoms with Crippen molar-refractivity contribution >= 4 is 43.4 Å². The van der Waals surface area contributed by atoms with Crippen molar-refractivity contribution in [3.8, 4) is 0 Å². The molecule has 4 aliphatic rings. The molecule has 2 aromatic rings. The third-order valence-electron chi connectivity index (χ3n) is 10.7. The molecule has 0 radical (unpaired) electrons. The summed E-state index contributed by atoms with van der Waals surface area (Å²) in [6.45, 7) is 12.1. The lowest BCUT2D eigenvalue weighted by atomic mass is 9.73. The predicted molar refractivity (Wildman–Crippen MR) is 198 cm³/mol. The van der Waals surface area contributed by atoms with Crippen LogP contribution in [0, 0.1) is 50.2 Å². The Morgan fingerprint density at radius 3 is 1.67 bits per heavy atom. The van der Waals surface area contributed by atoms with Crippen LogP contribution in [-0.2, 0) is 38.4 Å². The number of halogens is 1. The molecule has 0 aromatic heterocycles. The van der Waals surface area contributed by atoms with E-state index in [2.05, 4.69) is 45.4 Å². The molecule has 0 bridgehead atoms. The van der Waals surface area contributed by atoms with Crippen LogP contribution in [0.4, 0.5) is 0 Å². The maximum Gasteiger partial charge on any atom is 0.449 e. The fraction of sp³-hybridized carbons (Fsp3) is 0.526. The van der Waals surface area contributed by atoms with Crippen molar-refractivity contribution in [1.82, 2.24) is 10.6 Å². The molecule has 2 heterocycles. The number of aryl methyl sites for hydroxylation is 4. The van der Waals surface area contributed by atoms with Gasteiger partial charge in [0, 0.05) is 0 Å². The molecule has 51 heavy (non-hydrogen) atoms. The van der Waals surface area contributed by atoms with Gasteiger partial charge in [0.1, 0.15) is 16.8 Å². The molecule has 2 spiro atoms. The van der Waals surface area contributed by atoms with Gasteiger partial charge in [0.25, 0.3) is 22.5 Å². The SMILES string of the molecule is COS(=O)[ClH+].Cc1ccc(C2=C(O)C3(CCCCC3C)NC2=O)c(C)c1.Cc1ccc(C2=C(OS(C)(=O)=O)C3(CCCCC3C)NC2=O)c(C)c1. The number of rotatable bonds is 5. The third-order valence-corrected chi connectivity index (χ3v) is 11.8. The number of aliphatic hydroxyl groups excluding tert-OH is 1. The molecule has 5 atom stereocenters. The van der Waals surface area contributed by atoms with Gasteiger partial charge in [-0.15, -0.1) is 0 Å². The summed E-state index contributed by atoms with van der Waals surface area (Å²) in [4.78, 5) is 25.4. The van der Waals surface area contributed by atoms with Gasteiger partial charge in [-0.2, -0.15) is 12.6 Å². The zero-order valence-electron chi connectivity index (χ0n) is 30.8. The first kappa shape index (κ1) is 40.6. The van der Waals surface area contributed by atoms with Gasteiger partial charge in [-0.1, -0.05) is 87.1 Å². The van der Waals surface area contributed by atoms with Crippen LogP contribution in [0.25, 0.3) is 11.1 Å². The van der Waals surface area contributed by atoms with Gasteiger partial charge in [-0.25, -0.2) is 4.18 Å². The number of carbonyl (C=O) groups excluding carboxylic acids is 2. The maximum absolute atomic E-state index is 12.9. The smallest absolute Gasteiger partial charge is 0.449 e. The Balaban J connectivity index is 0.000000204. The Morgan fingerprint density at radius 1 is 0.804 bits per heavy atom. The molecule has 5 unspecified atom stereocenters. The summed E-state index contributed by atoms with van der Waals surface area (Å²) in [6.07, 6.45) is 8.76. The first-order valence-electron chi connectivity index (χ1n) is 17.4. The molecule has 2 fully saturated rings. The lowest BCUT2D eigenvalue weighted by Crippen LogP contribution is -2.52. The molecular formula is C38H52ClN2O8S2+. The van der Waals surface area contributed by atoms with Crippen molar-refractivity contribution in [2.24, 2.45) is 11.8 Å². The molecule has 2 aromatic carbocycles. The van der Waals surface area contributed by atoms with Crippen LogP contribution < -0.4 is 10.6 Å². The molecular weight excluding hydrogens is 712 g/mol. The van der Waals surface area contributed by atoms with Crippen LogP contribution in [0.3, 0.4) is 0 Å². The van der Waals surface area contributed by atoms with Gasteiger partial charge in [-0.3, -0.25) is 9.59 Å². The van der Waals surface area contributed by atoms with Gasteiger partial charge in [0.05, 0.1) is 24.5 Å². The fourth-order valence-electron chi connectivity index (χ4n) is 8.01. The largest absolute Gasteiger partial charge is 0.509 e. The van der Waals surface area contributed by atoms with Gasteiger partial charge in [0.15, 0.2) is 5.76 Å². The van der Waals surface area contributed by atoms with Crippen molar-refractivity contribution < 1.29 is 46.4 Å². The summed E-state index contributed by atoms with van der Waals surface area (Å²) < 4.78 is 42.9. The Morgan fingerprint density at radius 2 is 1.24 bits per heavy atom. The van der Waals surface area contributed by atoms with E-state index in [0.29, 0.717) is 17.6 Å². The minimum atomic E-state index is -3.74. The highest BCUT2D eigenvalue weighted by molar-refractivity contribution is 7.86. The highest BCUT2D eigenvalue weighted by Gasteiger charge is 2.53. The van der Waals surface area contributed by atoms with Crippen molar-refractivity contribution in [3.63, 3.8) is 0 Å². The van der Waals surface area contributed by atoms with E-state index in [4.69, 9.17) is 4.18 Å². The number of hydrogen-bond donors (Lipinski definition) is 3. The van der Waals surface area contributed by atoms with Gasteiger partial charge in [0.2, 0.25) is 0 Å². The van der Waals surface area contributed by atoms with Crippen molar-refractivity contribution in [2.45, 2.75) is 104 Å². The van der Waals surface area contributed by atoms with E-state index >= 15 is 0 Å². The van der Waals surface area contributed by atoms with Crippen LogP contribution in [0.5, 0.6) is 0 Å². The van der Waals surface area contributed by atoms with E-state index in [1.807, 2.05) is 58.0 Å². The fourth-order valence-corrected chi connectivity index (χ4v) is 8.54. The molecule has 10 nitrogen and oxygen atoms in total. The molecule has 2 aliphatic carbocycles. The van der Waals surface area contributed by atoms with E-state index in [0.717, 1.165) is 78.2 Å². The Hall–Kier alpha value is -3.19. The van der Waals surface area contributed by atoms with Crippen molar-refractivity contribution in [2.75, 3.05) is 13.4 Å². The number of benzene rings is 2. The van der Waals surface area contributed by atoms with Crippen LogP contribution in [-0.4, -0.2) is 54.0 Å². The third kappa shape index (κ3) is 8.72. The molecule has 2 saturated carbocycles. The van der Waals surface area contributed by atoms with Crippen LogP contribution in [0.2, 0.25) is 0 Å². The summed E-state index contributed by atoms with van der Waals surface area (Å²) in [5.41, 5.74) is 5.36. The minimum Gasteiger partial charge on any atom is -0.509 e. The van der Waals surface area contributed by atoms with E-state index in [9.17, 15) is 27.3 Å². The monoisotopic (exact) mass is 763 g/mol. The highest BCUT2D eigenvalue weighted by Crippen LogP contribution is 2.47. The lowest BCUT2D eigenvalue weighted by molar-refractivity contribution is -0.169. The van der Waals surface area contributed by atoms with E-state index in [1.165, 1.54) is 13.5 Å². The van der Waals surface area contributed by atoms with Crippen LogP contribution >= 0.6 is 0 Å². The molecule has 3 N–H and O–H groups in total. The lowest BCUT2D eigenvalue weighted by Gasteiger charge is -2.40. The van der Waals surface area contributed by atoms with E-state index in [1.54, 1.807) is 0 Å². The zero-order valence-corrected chi connectivity index (χ0v) is 33.3. The number of nitrogens with one attached hydrogen (secondary N) is 2. The molecule has 2 amide bonds. The molecule has 13 heteroatoms. The summed E-state index contributed by atoms with van der Waals surface area (Å²) in [5, 5.41) is 17.0. The van der Waals surface area contributed by atoms with Crippen molar-refractivity contribution in [1.29, 1.82) is 0 Å². The summed E-state index contributed by atoms with van der Waals surface area (Å²) >= 11 is 0. The molecule has 0 saturated heterocycles. The summed E-state index contributed by atoms with van der Waals surface area (Å²) in [5.74, 6) is 0.544. The second-order valence-electron chi connectivity index (χ2n) is 14.4. The van der Waals surface area contributed by atoms with Gasteiger partial charge in [-0.05, 0) is 87.5 Å². The quantitative estimate of drug-likeness (QED) is 0.241.